The van der Waals surface area contributed by atoms with Crippen LogP contribution in [0, 0.1) is 0 Å². The molecule has 0 saturated carbocycles. The molecule has 20 heavy (non-hydrogen) atoms. The Bertz CT molecular complexity index is 627. The Morgan fingerprint density at radius 2 is 2.10 bits per heavy atom. The molecule has 0 saturated heterocycles. The summed E-state index contributed by atoms with van der Waals surface area (Å²) in [5.41, 5.74) is 6.07. The summed E-state index contributed by atoms with van der Waals surface area (Å²) in [5.74, 6) is 7.98. The van der Waals surface area contributed by atoms with Gasteiger partial charge in [0.05, 0.1) is 7.11 Å². The highest BCUT2D eigenvalue weighted by Crippen LogP contribution is 2.27. The maximum absolute atomic E-state index is 5.58. The van der Waals surface area contributed by atoms with Gasteiger partial charge in [0.25, 0.3) is 0 Å². The summed E-state index contributed by atoms with van der Waals surface area (Å²) in [7, 11) is 1.68. The van der Waals surface area contributed by atoms with E-state index >= 15 is 0 Å². The van der Waals surface area contributed by atoms with Crippen LogP contribution in [-0.4, -0.2) is 17.1 Å². The van der Waals surface area contributed by atoms with E-state index in [0.717, 1.165) is 53.5 Å². The molecule has 0 radical (unpaired) electrons. The fourth-order valence-electron chi connectivity index (χ4n) is 2.70. The van der Waals surface area contributed by atoms with Crippen molar-refractivity contribution in [2.24, 2.45) is 5.84 Å². The molecule has 1 aromatic heterocycles. The molecule has 104 valence electrons. The summed E-state index contributed by atoms with van der Waals surface area (Å²) in [4.78, 5) is 9.20. The molecule has 5 heteroatoms. The zero-order valence-corrected chi connectivity index (χ0v) is 11.5. The molecule has 3 rings (SSSR count). The molecule has 0 fully saturated rings. The number of methoxy groups -OCH3 is 1. The molecule has 2 aromatic rings. The van der Waals surface area contributed by atoms with Crippen molar-refractivity contribution in [2.45, 2.75) is 25.7 Å². The molecule has 1 aliphatic carbocycles. The molecule has 3 N–H and O–H groups in total. The molecule has 1 heterocycles. The van der Waals surface area contributed by atoms with E-state index in [-0.39, 0.29) is 0 Å². The first-order chi connectivity index (χ1) is 9.81. The number of benzene rings is 1. The molecular formula is C15H18N4O. The van der Waals surface area contributed by atoms with E-state index < -0.39 is 0 Å². The smallest absolute Gasteiger partial charge is 0.147 e. The number of hydrogen-bond acceptors (Lipinski definition) is 5. The topological polar surface area (TPSA) is 73.1 Å². The van der Waals surface area contributed by atoms with Crippen molar-refractivity contribution in [3.8, 4) is 5.75 Å². The van der Waals surface area contributed by atoms with Gasteiger partial charge in [-0.3, -0.25) is 0 Å². The highest BCUT2D eigenvalue weighted by molar-refractivity contribution is 5.48. The van der Waals surface area contributed by atoms with E-state index in [0.29, 0.717) is 6.42 Å². The number of hydrazine groups is 1. The van der Waals surface area contributed by atoms with E-state index in [9.17, 15) is 0 Å². The summed E-state index contributed by atoms with van der Waals surface area (Å²) in [6, 6.07) is 7.93. The minimum atomic E-state index is 0.645. The monoisotopic (exact) mass is 270 g/mol. The number of fused-ring (bicyclic) bond motifs is 1. The van der Waals surface area contributed by atoms with Gasteiger partial charge in [0, 0.05) is 23.2 Å². The van der Waals surface area contributed by atoms with Crippen molar-refractivity contribution in [2.75, 3.05) is 12.5 Å². The van der Waals surface area contributed by atoms with Gasteiger partial charge in [0.2, 0.25) is 0 Å². The number of nitrogen functional groups attached to an aromatic ring is 1. The van der Waals surface area contributed by atoms with E-state index in [2.05, 4.69) is 15.4 Å². The second kappa shape index (κ2) is 5.46. The average Bonchev–Trinajstić information content (AvgIpc) is 2.95. The lowest BCUT2D eigenvalue weighted by Gasteiger charge is -2.11. The van der Waals surface area contributed by atoms with Gasteiger partial charge in [0.15, 0.2) is 0 Å². The number of nitrogens with zero attached hydrogens (tertiary/aromatic N) is 2. The molecule has 0 bridgehead atoms. The predicted octanol–water partition coefficient (Wildman–Crippen LogP) is 1.85. The average molecular weight is 270 g/mol. The minimum absolute atomic E-state index is 0.645. The molecule has 1 aromatic carbocycles. The standard InChI is InChI=1S/C15H18N4O/c1-20-13-8-3-2-5-10(13)9-14-17-12-7-4-6-11(12)15(18-14)19-16/h2-3,5,8H,4,6-7,9,16H2,1H3,(H,17,18,19). The van der Waals surface area contributed by atoms with Crippen LogP contribution >= 0.6 is 0 Å². The van der Waals surface area contributed by atoms with Crippen molar-refractivity contribution in [1.82, 2.24) is 9.97 Å². The zero-order valence-electron chi connectivity index (χ0n) is 11.5. The van der Waals surface area contributed by atoms with Gasteiger partial charge in [-0.1, -0.05) is 18.2 Å². The van der Waals surface area contributed by atoms with Crippen LogP contribution in [0.3, 0.4) is 0 Å². The Morgan fingerprint density at radius 3 is 2.90 bits per heavy atom. The third kappa shape index (κ3) is 2.32. The molecule has 0 atom stereocenters. The number of hydrogen-bond donors (Lipinski definition) is 2. The highest BCUT2D eigenvalue weighted by atomic mass is 16.5. The van der Waals surface area contributed by atoms with Gasteiger partial charge in [-0.25, -0.2) is 15.8 Å². The van der Waals surface area contributed by atoms with Crippen LogP contribution in [0.1, 0.15) is 29.1 Å². The summed E-state index contributed by atoms with van der Waals surface area (Å²) in [6.45, 7) is 0. The molecule has 0 amide bonds. The molecular weight excluding hydrogens is 252 g/mol. The number of nitrogens with one attached hydrogen (secondary N) is 1. The van der Waals surface area contributed by atoms with Crippen molar-refractivity contribution < 1.29 is 4.74 Å². The fraction of sp³-hybridized carbons (Fsp3) is 0.333. The summed E-state index contributed by atoms with van der Waals surface area (Å²) in [5, 5.41) is 0. The van der Waals surface area contributed by atoms with Crippen molar-refractivity contribution in [3.05, 3.63) is 46.9 Å². The quantitative estimate of drug-likeness (QED) is 0.655. The fourth-order valence-corrected chi connectivity index (χ4v) is 2.70. The molecule has 0 unspecified atom stereocenters. The normalized spacial score (nSPS) is 13.1. The number of aryl methyl sites for hydroxylation is 1. The molecule has 5 nitrogen and oxygen atoms in total. The third-order valence-corrected chi connectivity index (χ3v) is 3.66. The number of ether oxygens (including phenoxy) is 1. The lowest BCUT2D eigenvalue weighted by Crippen LogP contribution is -2.14. The van der Waals surface area contributed by atoms with Gasteiger partial charge in [0.1, 0.15) is 17.4 Å². The summed E-state index contributed by atoms with van der Waals surface area (Å²) in [6.07, 6.45) is 3.78. The van der Waals surface area contributed by atoms with Gasteiger partial charge < -0.3 is 10.2 Å². The second-order valence-electron chi connectivity index (χ2n) is 4.90. The van der Waals surface area contributed by atoms with Crippen LogP contribution < -0.4 is 16.0 Å². The lowest BCUT2D eigenvalue weighted by molar-refractivity contribution is 0.410. The summed E-state index contributed by atoms with van der Waals surface area (Å²) < 4.78 is 5.37. The Hall–Kier alpha value is -2.14. The maximum atomic E-state index is 5.58. The number of aromatic nitrogens is 2. The Kier molecular flexibility index (Phi) is 3.52. The number of anilines is 1. The van der Waals surface area contributed by atoms with Gasteiger partial charge >= 0.3 is 0 Å². The SMILES string of the molecule is COc1ccccc1Cc1nc2c(c(NN)n1)CCC2. The van der Waals surface area contributed by atoms with Crippen LogP contribution in [0.15, 0.2) is 24.3 Å². The molecule has 0 aliphatic heterocycles. The van der Waals surface area contributed by atoms with E-state index in [4.69, 9.17) is 10.6 Å². The Morgan fingerprint density at radius 1 is 1.25 bits per heavy atom. The minimum Gasteiger partial charge on any atom is -0.496 e. The maximum Gasteiger partial charge on any atom is 0.147 e. The van der Waals surface area contributed by atoms with Crippen molar-refractivity contribution in [3.63, 3.8) is 0 Å². The predicted molar refractivity (Wildman–Crippen MR) is 77.7 cm³/mol. The van der Waals surface area contributed by atoms with Crippen LogP contribution in [0.2, 0.25) is 0 Å². The first-order valence-electron chi connectivity index (χ1n) is 6.79. The van der Waals surface area contributed by atoms with Crippen LogP contribution in [-0.2, 0) is 19.3 Å². The van der Waals surface area contributed by atoms with Gasteiger partial charge in [-0.2, -0.15) is 0 Å². The Labute approximate surface area is 118 Å². The second-order valence-corrected chi connectivity index (χ2v) is 4.90. The van der Waals surface area contributed by atoms with Crippen LogP contribution in [0.25, 0.3) is 0 Å². The van der Waals surface area contributed by atoms with Crippen molar-refractivity contribution >= 4 is 5.82 Å². The van der Waals surface area contributed by atoms with Gasteiger partial charge in [-0.15, -0.1) is 0 Å². The number of nitrogens with two attached hydrogens (primary N) is 1. The molecule has 0 spiro atoms. The van der Waals surface area contributed by atoms with Crippen LogP contribution in [0.4, 0.5) is 5.82 Å². The highest BCUT2D eigenvalue weighted by Gasteiger charge is 2.19. The van der Waals surface area contributed by atoms with Gasteiger partial charge in [-0.05, 0) is 25.3 Å². The van der Waals surface area contributed by atoms with E-state index in [1.165, 1.54) is 0 Å². The number of rotatable bonds is 4. The number of para-hydroxylation sites is 1. The largest absolute Gasteiger partial charge is 0.496 e. The van der Waals surface area contributed by atoms with E-state index in [1.807, 2.05) is 24.3 Å². The zero-order chi connectivity index (χ0) is 13.9. The van der Waals surface area contributed by atoms with Crippen LogP contribution in [0.5, 0.6) is 5.75 Å². The van der Waals surface area contributed by atoms with E-state index in [1.54, 1.807) is 7.11 Å². The summed E-state index contributed by atoms with van der Waals surface area (Å²) >= 11 is 0. The molecule has 1 aliphatic rings. The third-order valence-electron chi connectivity index (χ3n) is 3.66. The first-order valence-corrected chi connectivity index (χ1v) is 6.79. The lowest BCUT2D eigenvalue weighted by atomic mass is 10.1. The Balaban J connectivity index is 1.95. The van der Waals surface area contributed by atoms with Crippen molar-refractivity contribution in [1.29, 1.82) is 0 Å². The first kappa shape index (κ1) is 12.9.